The summed E-state index contributed by atoms with van der Waals surface area (Å²) >= 11 is 0. The highest BCUT2D eigenvalue weighted by atomic mass is 14.9. The van der Waals surface area contributed by atoms with Gasteiger partial charge in [0.15, 0.2) is 0 Å². The summed E-state index contributed by atoms with van der Waals surface area (Å²) in [7, 11) is 2.06. The third kappa shape index (κ3) is 5.41. The lowest BCUT2D eigenvalue weighted by Gasteiger charge is -2.04. The number of benzene rings is 4. The summed E-state index contributed by atoms with van der Waals surface area (Å²) < 4.78 is 0. The van der Waals surface area contributed by atoms with Crippen molar-refractivity contribution in [3.8, 4) is 0 Å². The summed E-state index contributed by atoms with van der Waals surface area (Å²) in [6.07, 6.45) is 0. The van der Waals surface area contributed by atoms with E-state index >= 15 is 0 Å². The highest BCUT2D eigenvalue weighted by molar-refractivity contribution is 5.47. The minimum Gasteiger partial charge on any atom is -0.316 e. The first-order chi connectivity index (χ1) is 14.7. The minimum atomic E-state index is 1.21. The molecule has 0 atom stereocenters. The van der Waals surface area contributed by atoms with Crippen molar-refractivity contribution in [2.75, 3.05) is 7.05 Å². The van der Waals surface area contributed by atoms with Crippen LogP contribution in [0.4, 0.5) is 39.8 Å². The van der Waals surface area contributed by atoms with Crippen molar-refractivity contribution in [2.45, 2.75) is 6.92 Å². The second-order valence-electron chi connectivity index (χ2n) is 7.63. The van der Waals surface area contributed by atoms with Gasteiger partial charge >= 0.3 is 0 Å². The molecule has 0 amide bonds. The van der Waals surface area contributed by atoms with Gasteiger partial charge in [-0.05, 0) is 19.1 Å². The molecule has 0 aliphatic carbocycles. The van der Waals surface area contributed by atoms with Crippen LogP contribution in [0.25, 0.3) is 0 Å². The van der Waals surface area contributed by atoms with Gasteiger partial charge < -0.3 is 5.32 Å². The molecule has 0 unspecified atom stereocenters. The van der Waals surface area contributed by atoms with Gasteiger partial charge in [0.1, 0.15) is 39.8 Å². The molecule has 0 fully saturated rings. The summed E-state index contributed by atoms with van der Waals surface area (Å²) in [6.45, 7) is 2.11. The molecule has 30 heavy (non-hydrogen) atoms. The van der Waals surface area contributed by atoms with Gasteiger partial charge in [-0.15, -0.1) is 0 Å². The van der Waals surface area contributed by atoms with Gasteiger partial charge in [0.25, 0.3) is 0 Å². The molecule has 0 saturated carbocycles. The molecule has 0 bridgehead atoms. The third-order valence-electron chi connectivity index (χ3n) is 5.22. The number of hydrogen-bond acceptors (Lipinski definition) is 0. The SMILES string of the molecule is C[NH2+]c1ccc([NH2+]c2ccc([NH2+]c3ccc([NH2+]c4ccc(C)cc4)cc3)cc2)cc1. The molecule has 0 aliphatic heterocycles. The van der Waals surface area contributed by atoms with E-state index in [-0.39, 0.29) is 0 Å². The Hall–Kier alpha value is -3.28. The fourth-order valence-corrected chi connectivity index (χ4v) is 3.40. The maximum absolute atomic E-state index is 2.21. The molecule has 150 valence electrons. The normalized spacial score (nSPS) is 10.9. The van der Waals surface area contributed by atoms with Crippen LogP contribution in [0.3, 0.4) is 0 Å². The number of rotatable bonds is 7. The largest absolute Gasteiger partial charge is 0.316 e. The maximum Gasteiger partial charge on any atom is 0.135 e. The fourth-order valence-electron chi connectivity index (χ4n) is 3.40. The van der Waals surface area contributed by atoms with Crippen molar-refractivity contribution in [2.24, 2.45) is 0 Å². The van der Waals surface area contributed by atoms with Crippen molar-refractivity contribution < 1.29 is 21.3 Å². The van der Waals surface area contributed by atoms with Crippen LogP contribution >= 0.6 is 0 Å². The Morgan fingerprint density at radius 1 is 0.367 bits per heavy atom. The molecular formula is C26H30N4+4. The predicted molar refractivity (Wildman–Crippen MR) is 122 cm³/mol. The van der Waals surface area contributed by atoms with Crippen molar-refractivity contribution >= 4 is 39.8 Å². The molecule has 4 aromatic carbocycles. The summed E-state index contributed by atoms with van der Waals surface area (Å²) in [4.78, 5) is 0. The zero-order valence-corrected chi connectivity index (χ0v) is 17.5. The van der Waals surface area contributed by atoms with Crippen LogP contribution in [0.15, 0.2) is 97.1 Å². The lowest BCUT2D eigenvalue weighted by Crippen LogP contribution is -2.73. The van der Waals surface area contributed by atoms with E-state index in [0.717, 1.165) is 0 Å². The Labute approximate surface area is 178 Å². The third-order valence-corrected chi connectivity index (χ3v) is 5.22. The molecule has 0 aromatic heterocycles. The van der Waals surface area contributed by atoms with E-state index in [2.05, 4.69) is 132 Å². The van der Waals surface area contributed by atoms with E-state index in [9.17, 15) is 0 Å². The molecule has 4 nitrogen and oxygen atoms in total. The topological polar surface area (TPSA) is 66.4 Å². The molecule has 0 spiro atoms. The van der Waals surface area contributed by atoms with Crippen molar-refractivity contribution in [3.05, 3.63) is 103 Å². The first-order valence-electron chi connectivity index (χ1n) is 10.4. The zero-order valence-electron chi connectivity index (χ0n) is 17.5. The second-order valence-corrected chi connectivity index (χ2v) is 7.63. The molecule has 8 N–H and O–H groups in total. The molecule has 0 heterocycles. The monoisotopic (exact) mass is 398 g/mol. The Morgan fingerprint density at radius 2 is 0.600 bits per heavy atom. The smallest absolute Gasteiger partial charge is 0.135 e. The van der Waals surface area contributed by atoms with E-state index in [1.165, 1.54) is 45.4 Å². The first-order valence-corrected chi connectivity index (χ1v) is 10.4. The summed E-state index contributed by atoms with van der Waals surface area (Å²) in [5.74, 6) is 0. The Balaban J connectivity index is 1.35. The number of quaternary nitrogens is 4. The molecule has 0 saturated heterocycles. The van der Waals surface area contributed by atoms with E-state index < -0.39 is 0 Å². The van der Waals surface area contributed by atoms with Crippen LogP contribution in [-0.4, -0.2) is 7.05 Å². The van der Waals surface area contributed by atoms with Crippen LogP contribution in [-0.2, 0) is 0 Å². The van der Waals surface area contributed by atoms with Crippen LogP contribution in [0.2, 0.25) is 0 Å². The highest BCUT2D eigenvalue weighted by Gasteiger charge is 2.06. The van der Waals surface area contributed by atoms with Crippen molar-refractivity contribution in [1.29, 1.82) is 0 Å². The number of hydrogen-bond donors (Lipinski definition) is 4. The van der Waals surface area contributed by atoms with Crippen LogP contribution < -0.4 is 21.3 Å². The summed E-state index contributed by atoms with van der Waals surface area (Å²) in [6, 6.07) is 34.6. The van der Waals surface area contributed by atoms with E-state index in [0.29, 0.717) is 0 Å². The lowest BCUT2D eigenvalue weighted by molar-refractivity contribution is -0.539. The fraction of sp³-hybridized carbons (Fsp3) is 0.0769. The first kappa shape index (κ1) is 20.0. The number of nitrogens with two attached hydrogens (primary N) is 4. The van der Waals surface area contributed by atoms with E-state index in [4.69, 9.17) is 0 Å². The zero-order chi connectivity index (χ0) is 20.8. The van der Waals surface area contributed by atoms with Gasteiger partial charge in [0.05, 0.1) is 7.05 Å². The van der Waals surface area contributed by atoms with Gasteiger partial charge in [-0.2, -0.15) is 0 Å². The molecule has 4 aromatic rings. The summed E-state index contributed by atoms with van der Waals surface area (Å²) in [5, 5.41) is 8.74. The minimum absolute atomic E-state index is 1.21. The highest BCUT2D eigenvalue weighted by Crippen LogP contribution is 2.12. The Morgan fingerprint density at radius 3 is 0.867 bits per heavy atom. The van der Waals surface area contributed by atoms with E-state index in [1.54, 1.807) is 0 Å². The maximum atomic E-state index is 2.21. The van der Waals surface area contributed by atoms with E-state index in [1.807, 2.05) is 0 Å². The van der Waals surface area contributed by atoms with Gasteiger partial charge in [-0.1, -0.05) is 17.7 Å². The van der Waals surface area contributed by atoms with Crippen molar-refractivity contribution in [3.63, 3.8) is 0 Å². The Kier molecular flexibility index (Phi) is 6.32. The number of aryl methyl sites for hydroxylation is 1. The molecule has 4 rings (SSSR count). The average molecular weight is 399 g/mol. The van der Waals surface area contributed by atoms with Crippen LogP contribution in [0.5, 0.6) is 0 Å². The lowest BCUT2D eigenvalue weighted by atomic mass is 10.2. The Bertz CT molecular complexity index is 1070. The molecule has 0 aliphatic rings. The quantitative estimate of drug-likeness (QED) is 0.346. The summed E-state index contributed by atoms with van der Waals surface area (Å²) in [5.41, 5.74) is 9.83. The van der Waals surface area contributed by atoms with Crippen LogP contribution in [0, 0.1) is 6.92 Å². The predicted octanol–water partition coefficient (Wildman–Crippen LogP) is 2.40. The van der Waals surface area contributed by atoms with Crippen molar-refractivity contribution in [1.82, 2.24) is 0 Å². The van der Waals surface area contributed by atoms with Gasteiger partial charge in [0, 0.05) is 72.8 Å². The average Bonchev–Trinajstić information content (AvgIpc) is 2.78. The van der Waals surface area contributed by atoms with Gasteiger partial charge in [-0.25, -0.2) is 0 Å². The molecule has 4 heteroatoms. The molecule has 0 radical (unpaired) electrons. The van der Waals surface area contributed by atoms with Gasteiger partial charge in [-0.3, -0.25) is 16.0 Å². The molecular weight excluding hydrogens is 368 g/mol. The standard InChI is InChI=1S/C26H26N4/c1-19-3-5-21(6-4-19)28-23-11-13-25(14-12-23)30-26-17-15-24(16-18-26)29-22-9-7-20(27-2)8-10-22/h3-18,27-30H,1-2H3/p+4. The van der Waals surface area contributed by atoms with Crippen LogP contribution in [0.1, 0.15) is 5.56 Å². The second kappa shape index (κ2) is 9.48. The van der Waals surface area contributed by atoms with Gasteiger partial charge in [0.2, 0.25) is 0 Å².